The fourth-order valence-corrected chi connectivity index (χ4v) is 1.74. The van der Waals surface area contributed by atoms with Crippen molar-refractivity contribution in [2.24, 2.45) is 0 Å². The zero-order valence-corrected chi connectivity index (χ0v) is 10.1. The third kappa shape index (κ3) is 2.43. The molecular formula is C10H8BrN3S. The number of halogens is 1. The van der Waals surface area contributed by atoms with Crippen molar-refractivity contribution in [1.82, 2.24) is 9.97 Å². The minimum Gasteiger partial charge on any atom is -0.384 e. The number of benzene rings is 1. The highest BCUT2D eigenvalue weighted by atomic mass is 79.9. The van der Waals surface area contributed by atoms with Gasteiger partial charge in [-0.2, -0.15) is 0 Å². The molecule has 0 saturated carbocycles. The smallest absolute Gasteiger partial charge is 0.199 e. The number of rotatable bonds is 1. The molecule has 1 aromatic carbocycles. The SMILES string of the molecule is Nc1cc(-c2ccc(Br)cc2)[nH]c(=S)n1. The fraction of sp³-hybridized carbons (Fsp3) is 0. The maximum atomic E-state index is 5.62. The van der Waals surface area contributed by atoms with Crippen molar-refractivity contribution in [3.05, 3.63) is 39.6 Å². The summed E-state index contributed by atoms with van der Waals surface area (Å²) >= 11 is 8.34. The van der Waals surface area contributed by atoms with Crippen LogP contribution in [-0.4, -0.2) is 9.97 Å². The molecule has 1 heterocycles. The highest BCUT2D eigenvalue weighted by Crippen LogP contribution is 2.20. The lowest BCUT2D eigenvalue weighted by Gasteiger charge is -2.02. The lowest BCUT2D eigenvalue weighted by molar-refractivity contribution is 1.15. The van der Waals surface area contributed by atoms with E-state index < -0.39 is 0 Å². The summed E-state index contributed by atoms with van der Waals surface area (Å²) in [7, 11) is 0. The van der Waals surface area contributed by atoms with Crippen LogP contribution in [0.5, 0.6) is 0 Å². The normalized spacial score (nSPS) is 10.2. The molecule has 3 N–H and O–H groups in total. The van der Waals surface area contributed by atoms with Gasteiger partial charge in [-0.05, 0) is 29.9 Å². The van der Waals surface area contributed by atoms with Crippen LogP contribution in [0, 0.1) is 4.77 Å². The molecule has 0 amide bonds. The van der Waals surface area contributed by atoms with Gasteiger partial charge in [-0.3, -0.25) is 0 Å². The second-order valence-corrected chi connectivity index (χ2v) is 4.33. The van der Waals surface area contributed by atoms with Crippen molar-refractivity contribution in [1.29, 1.82) is 0 Å². The minimum absolute atomic E-state index is 0.396. The van der Waals surface area contributed by atoms with Crippen LogP contribution in [0.3, 0.4) is 0 Å². The third-order valence-corrected chi connectivity index (χ3v) is 2.64. The number of anilines is 1. The summed E-state index contributed by atoms with van der Waals surface area (Å²) in [6.07, 6.45) is 0. The average molecular weight is 282 g/mol. The highest BCUT2D eigenvalue weighted by Gasteiger charge is 1.99. The van der Waals surface area contributed by atoms with Crippen LogP contribution in [0.15, 0.2) is 34.8 Å². The van der Waals surface area contributed by atoms with Gasteiger partial charge in [0.15, 0.2) is 4.77 Å². The third-order valence-electron chi connectivity index (χ3n) is 1.92. The number of hydrogen-bond donors (Lipinski definition) is 2. The molecule has 0 bridgehead atoms. The Morgan fingerprint density at radius 1 is 1.27 bits per heavy atom. The first-order valence-corrected chi connectivity index (χ1v) is 5.48. The number of aromatic amines is 1. The monoisotopic (exact) mass is 281 g/mol. The van der Waals surface area contributed by atoms with Crippen LogP contribution < -0.4 is 5.73 Å². The van der Waals surface area contributed by atoms with E-state index in [9.17, 15) is 0 Å². The van der Waals surface area contributed by atoms with E-state index in [0.29, 0.717) is 10.6 Å². The summed E-state index contributed by atoms with van der Waals surface area (Å²) in [6, 6.07) is 9.64. The molecule has 0 unspecified atom stereocenters. The van der Waals surface area contributed by atoms with Crippen LogP contribution in [0.25, 0.3) is 11.3 Å². The Labute approximate surface area is 100 Å². The fourth-order valence-electron chi connectivity index (χ4n) is 1.26. The van der Waals surface area contributed by atoms with Crippen LogP contribution in [0.2, 0.25) is 0 Å². The molecule has 76 valence electrons. The molecule has 0 aliphatic heterocycles. The van der Waals surface area contributed by atoms with Gasteiger partial charge in [0, 0.05) is 10.5 Å². The van der Waals surface area contributed by atoms with E-state index in [1.165, 1.54) is 0 Å². The van der Waals surface area contributed by atoms with Crippen molar-refractivity contribution in [2.45, 2.75) is 0 Å². The summed E-state index contributed by atoms with van der Waals surface area (Å²) in [5, 5.41) is 0. The van der Waals surface area contributed by atoms with Crippen LogP contribution in [0.1, 0.15) is 0 Å². The standard InChI is InChI=1S/C10H8BrN3S/c11-7-3-1-6(2-4-7)8-5-9(12)14-10(15)13-8/h1-5H,(H3,12,13,14,15). The van der Waals surface area contributed by atoms with Gasteiger partial charge in [0.05, 0.1) is 5.69 Å². The zero-order valence-electron chi connectivity index (χ0n) is 7.70. The second-order valence-electron chi connectivity index (χ2n) is 3.03. The maximum absolute atomic E-state index is 5.62. The molecular weight excluding hydrogens is 274 g/mol. The van der Waals surface area contributed by atoms with Gasteiger partial charge in [0.1, 0.15) is 5.82 Å². The lowest BCUT2D eigenvalue weighted by atomic mass is 10.1. The highest BCUT2D eigenvalue weighted by molar-refractivity contribution is 9.10. The Morgan fingerprint density at radius 2 is 1.93 bits per heavy atom. The van der Waals surface area contributed by atoms with Crippen LogP contribution in [0.4, 0.5) is 5.82 Å². The molecule has 0 fully saturated rings. The quantitative estimate of drug-likeness (QED) is 0.790. The molecule has 2 aromatic rings. The average Bonchev–Trinajstić information content (AvgIpc) is 2.17. The Morgan fingerprint density at radius 3 is 2.53 bits per heavy atom. The van der Waals surface area contributed by atoms with Gasteiger partial charge in [0.2, 0.25) is 0 Å². The summed E-state index contributed by atoms with van der Waals surface area (Å²) in [4.78, 5) is 6.90. The molecule has 0 aliphatic carbocycles. The lowest BCUT2D eigenvalue weighted by Crippen LogP contribution is -1.94. The van der Waals surface area contributed by atoms with E-state index in [-0.39, 0.29) is 0 Å². The van der Waals surface area contributed by atoms with E-state index in [0.717, 1.165) is 15.7 Å². The Bertz CT molecular complexity index is 533. The van der Waals surface area contributed by atoms with E-state index in [2.05, 4.69) is 25.9 Å². The molecule has 1 aromatic heterocycles. The molecule has 2 rings (SSSR count). The number of nitrogens with one attached hydrogen (secondary N) is 1. The van der Waals surface area contributed by atoms with Crippen LogP contribution in [-0.2, 0) is 0 Å². The minimum atomic E-state index is 0.396. The van der Waals surface area contributed by atoms with Crippen LogP contribution >= 0.6 is 28.1 Å². The number of nitrogen functional groups attached to an aromatic ring is 1. The molecule has 0 spiro atoms. The van der Waals surface area contributed by atoms with E-state index in [4.69, 9.17) is 18.0 Å². The van der Waals surface area contributed by atoms with E-state index in [1.807, 2.05) is 24.3 Å². The number of H-pyrrole nitrogens is 1. The zero-order chi connectivity index (χ0) is 10.8. The van der Waals surface area contributed by atoms with Gasteiger partial charge in [-0.15, -0.1) is 0 Å². The number of hydrogen-bond acceptors (Lipinski definition) is 3. The summed E-state index contributed by atoms with van der Waals surface area (Å²) < 4.78 is 1.43. The molecule has 0 radical (unpaired) electrons. The molecule has 15 heavy (non-hydrogen) atoms. The molecule has 0 saturated heterocycles. The predicted octanol–water partition coefficient (Wildman–Crippen LogP) is 3.15. The topological polar surface area (TPSA) is 54.7 Å². The Hall–Kier alpha value is -1.20. The van der Waals surface area contributed by atoms with Gasteiger partial charge in [-0.25, -0.2) is 4.98 Å². The Kier molecular flexibility index (Phi) is 2.83. The number of aromatic nitrogens is 2. The van der Waals surface area contributed by atoms with Crippen molar-refractivity contribution < 1.29 is 0 Å². The predicted molar refractivity (Wildman–Crippen MR) is 67.0 cm³/mol. The molecule has 5 heteroatoms. The second kappa shape index (κ2) is 4.12. The first-order chi connectivity index (χ1) is 7.15. The summed E-state index contributed by atoms with van der Waals surface area (Å²) in [5.74, 6) is 0.427. The Balaban J connectivity index is 2.54. The van der Waals surface area contributed by atoms with E-state index in [1.54, 1.807) is 6.07 Å². The first-order valence-electron chi connectivity index (χ1n) is 4.28. The van der Waals surface area contributed by atoms with Gasteiger partial charge < -0.3 is 10.7 Å². The molecule has 0 aliphatic rings. The summed E-state index contributed by atoms with van der Waals surface area (Å²) in [6.45, 7) is 0. The van der Waals surface area contributed by atoms with Gasteiger partial charge in [-0.1, -0.05) is 28.1 Å². The van der Waals surface area contributed by atoms with Gasteiger partial charge >= 0.3 is 0 Å². The first kappa shape index (κ1) is 10.3. The maximum Gasteiger partial charge on any atom is 0.199 e. The van der Waals surface area contributed by atoms with E-state index >= 15 is 0 Å². The van der Waals surface area contributed by atoms with Gasteiger partial charge in [0.25, 0.3) is 0 Å². The number of nitrogens with zero attached hydrogens (tertiary/aromatic N) is 1. The number of nitrogens with two attached hydrogens (primary N) is 1. The summed E-state index contributed by atoms with van der Waals surface area (Å²) in [5.41, 5.74) is 7.52. The van der Waals surface area contributed by atoms with Crippen molar-refractivity contribution >= 4 is 34.0 Å². The van der Waals surface area contributed by atoms with Crippen molar-refractivity contribution in [3.8, 4) is 11.3 Å². The van der Waals surface area contributed by atoms with Crippen molar-refractivity contribution in [3.63, 3.8) is 0 Å². The molecule has 3 nitrogen and oxygen atoms in total. The van der Waals surface area contributed by atoms with Crippen molar-refractivity contribution in [2.75, 3.05) is 5.73 Å². The molecule has 0 atom stereocenters. The largest absolute Gasteiger partial charge is 0.384 e.